The van der Waals surface area contributed by atoms with Gasteiger partial charge in [0, 0.05) is 17.3 Å². The van der Waals surface area contributed by atoms with Gasteiger partial charge in [-0.3, -0.25) is 4.79 Å². The number of halogens is 1. The van der Waals surface area contributed by atoms with Gasteiger partial charge in [-0.1, -0.05) is 6.07 Å². The number of aliphatic hydroxyl groups is 1. The highest BCUT2D eigenvalue weighted by Gasteiger charge is 2.33. The quantitative estimate of drug-likeness (QED) is 0.934. The Morgan fingerprint density at radius 2 is 2.21 bits per heavy atom. The molecule has 1 aliphatic carbocycles. The van der Waals surface area contributed by atoms with Gasteiger partial charge in [0.1, 0.15) is 5.82 Å². The predicted octanol–water partition coefficient (Wildman–Crippen LogP) is 2.64. The molecule has 5 heteroatoms. The molecule has 2 aromatic rings. The first kappa shape index (κ1) is 12.6. The Kier molecular flexibility index (Phi) is 3.24. The minimum atomic E-state index is -0.289. The summed E-state index contributed by atoms with van der Waals surface area (Å²) in [5.41, 5.74) is 0. The molecular formula is C14H14FNO2S. The third kappa shape index (κ3) is 2.48. The van der Waals surface area contributed by atoms with E-state index >= 15 is 0 Å². The van der Waals surface area contributed by atoms with Crippen LogP contribution in [0, 0.1) is 5.82 Å². The average Bonchev–Trinajstić information content (AvgIpc) is 3.14. The Morgan fingerprint density at radius 3 is 2.89 bits per heavy atom. The lowest BCUT2D eigenvalue weighted by Gasteiger charge is -2.20. The molecule has 0 radical (unpaired) electrons. The Hall–Kier alpha value is -1.46. The van der Waals surface area contributed by atoms with Crippen LogP contribution in [0.4, 0.5) is 4.39 Å². The zero-order valence-corrected chi connectivity index (χ0v) is 11.1. The molecule has 0 spiro atoms. The van der Waals surface area contributed by atoms with Crippen LogP contribution in [0.3, 0.4) is 0 Å². The molecule has 100 valence electrons. The van der Waals surface area contributed by atoms with E-state index in [1.165, 1.54) is 23.5 Å². The fourth-order valence-corrected chi connectivity index (χ4v) is 3.24. The largest absolute Gasteiger partial charge is 0.395 e. The molecule has 1 N–H and O–H groups in total. The van der Waals surface area contributed by atoms with Crippen molar-refractivity contribution in [3.05, 3.63) is 35.0 Å². The maximum absolute atomic E-state index is 13.1. The molecule has 1 aromatic carbocycles. The molecule has 1 fully saturated rings. The van der Waals surface area contributed by atoms with Gasteiger partial charge in [0.25, 0.3) is 5.91 Å². The molecule has 1 amide bonds. The summed E-state index contributed by atoms with van der Waals surface area (Å²) in [6.07, 6.45) is 2.01. The number of aliphatic hydroxyl groups excluding tert-OH is 1. The second kappa shape index (κ2) is 4.90. The molecule has 0 atom stereocenters. The summed E-state index contributed by atoms with van der Waals surface area (Å²) in [6.45, 7) is 0.341. The first-order chi connectivity index (χ1) is 9.19. The Bertz CT molecular complexity index is 621. The number of thiophene rings is 1. The molecule has 0 aliphatic heterocycles. The smallest absolute Gasteiger partial charge is 0.264 e. The van der Waals surface area contributed by atoms with Crippen molar-refractivity contribution in [3.63, 3.8) is 0 Å². The number of amides is 1. The molecule has 0 unspecified atom stereocenters. The number of hydrogen-bond acceptors (Lipinski definition) is 3. The third-order valence-corrected chi connectivity index (χ3v) is 4.37. The first-order valence-electron chi connectivity index (χ1n) is 6.30. The normalized spacial score (nSPS) is 14.8. The predicted molar refractivity (Wildman–Crippen MR) is 72.9 cm³/mol. The maximum Gasteiger partial charge on any atom is 0.264 e. The number of nitrogens with zero attached hydrogens (tertiary/aromatic N) is 1. The molecule has 3 nitrogen and oxygen atoms in total. The molecule has 1 aliphatic rings. The lowest BCUT2D eigenvalue weighted by atomic mass is 10.2. The van der Waals surface area contributed by atoms with Crippen molar-refractivity contribution in [2.45, 2.75) is 18.9 Å². The monoisotopic (exact) mass is 279 g/mol. The third-order valence-electron chi connectivity index (χ3n) is 3.28. The highest BCUT2D eigenvalue weighted by Crippen LogP contribution is 2.32. The van der Waals surface area contributed by atoms with Crippen LogP contribution in [0.15, 0.2) is 24.3 Å². The van der Waals surface area contributed by atoms with E-state index in [0.717, 1.165) is 22.9 Å². The lowest BCUT2D eigenvalue weighted by molar-refractivity contribution is 0.0712. The highest BCUT2D eigenvalue weighted by atomic mass is 32.1. The molecule has 1 aromatic heterocycles. The lowest BCUT2D eigenvalue weighted by Crippen LogP contribution is -2.34. The van der Waals surface area contributed by atoms with Crippen molar-refractivity contribution >= 4 is 27.3 Å². The van der Waals surface area contributed by atoms with Gasteiger partial charge >= 0.3 is 0 Å². The maximum atomic E-state index is 13.1. The summed E-state index contributed by atoms with van der Waals surface area (Å²) >= 11 is 1.31. The van der Waals surface area contributed by atoms with Crippen LogP contribution in [-0.4, -0.2) is 35.1 Å². The van der Waals surface area contributed by atoms with E-state index in [1.54, 1.807) is 17.0 Å². The molecule has 3 rings (SSSR count). The van der Waals surface area contributed by atoms with E-state index in [2.05, 4.69) is 0 Å². The number of hydrogen-bond donors (Lipinski definition) is 1. The van der Waals surface area contributed by atoms with E-state index in [0.29, 0.717) is 11.4 Å². The van der Waals surface area contributed by atoms with E-state index in [4.69, 9.17) is 5.11 Å². The van der Waals surface area contributed by atoms with Crippen LogP contribution in [0.1, 0.15) is 22.5 Å². The Morgan fingerprint density at radius 1 is 1.42 bits per heavy atom. The van der Waals surface area contributed by atoms with Crippen molar-refractivity contribution in [1.29, 1.82) is 0 Å². The molecule has 1 heterocycles. The van der Waals surface area contributed by atoms with Crippen LogP contribution in [0.5, 0.6) is 0 Å². The summed E-state index contributed by atoms with van der Waals surface area (Å²) in [4.78, 5) is 14.7. The van der Waals surface area contributed by atoms with E-state index < -0.39 is 0 Å². The van der Waals surface area contributed by atoms with Gasteiger partial charge in [0.05, 0.1) is 11.5 Å². The number of benzene rings is 1. The second-order valence-electron chi connectivity index (χ2n) is 4.75. The van der Waals surface area contributed by atoms with Crippen LogP contribution in [0.2, 0.25) is 0 Å². The summed E-state index contributed by atoms with van der Waals surface area (Å²) in [5, 5.41) is 9.93. The number of rotatable bonds is 4. The van der Waals surface area contributed by atoms with Gasteiger partial charge in [-0.05, 0) is 36.4 Å². The van der Waals surface area contributed by atoms with Gasteiger partial charge in [-0.2, -0.15) is 0 Å². The summed E-state index contributed by atoms with van der Waals surface area (Å²) in [7, 11) is 0. The van der Waals surface area contributed by atoms with Crippen molar-refractivity contribution in [2.75, 3.05) is 13.2 Å². The van der Waals surface area contributed by atoms with E-state index in [-0.39, 0.29) is 24.4 Å². The molecule has 19 heavy (non-hydrogen) atoms. The average molecular weight is 279 g/mol. The summed E-state index contributed by atoms with van der Waals surface area (Å²) in [6, 6.07) is 6.60. The van der Waals surface area contributed by atoms with Crippen LogP contribution in [-0.2, 0) is 0 Å². The molecular weight excluding hydrogens is 265 g/mol. The van der Waals surface area contributed by atoms with Crippen molar-refractivity contribution in [1.82, 2.24) is 4.90 Å². The van der Waals surface area contributed by atoms with Crippen molar-refractivity contribution < 1.29 is 14.3 Å². The fourth-order valence-electron chi connectivity index (χ4n) is 2.20. The standard InChI is InChI=1S/C14H14FNO2S/c15-10-2-1-9-7-13(19-12(9)8-10)14(18)16(5-6-17)11-3-4-11/h1-2,7-8,11,17H,3-6H2. The van der Waals surface area contributed by atoms with Gasteiger partial charge in [-0.25, -0.2) is 4.39 Å². The zero-order chi connectivity index (χ0) is 13.4. The first-order valence-corrected chi connectivity index (χ1v) is 7.11. The number of carbonyl (C=O) groups is 1. The summed E-state index contributed by atoms with van der Waals surface area (Å²) < 4.78 is 13.9. The van der Waals surface area contributed by atoms with Gasteiger partial charge < -0.3 is 10.0 Å². The van der Waals surface area contributed by atoms with Crippen molar-refractivity contribution in [2.24, 2.45) is 0 Å². The molecule has 1 saturated carbocycles. The fraction of sp³-hybridized carbons (Fsp3) is 0.357. The molecule has 0 saturated heterocycles. The zero-order valence-electron chi connectivity index (χ0n) is 10.3. The van der Waals surface area contributed by atoms with Gasteiger partial charge in [0.2, 0.25) is 0 Å². The highest BCUT2D eigenvalue weighted by molar-refractivity contribution is 7.20. The topological polar surface area (TPSA) is 40.5 Å². The Labute approximate surface area is 114 Å². The van der Waals surface area contributed by atoms with Crippen molar-refractivity contribution in [3.8, 4) is 0 Å². The van der Waals surface area contributed by atoms with E-state index in [1.807, 2.05) is 0 Å². The van der Waals surface area contributed by atoms with E-state index in [9.17, 15) is 9.18 Å². The van der Waals surface area contributed by atoms with Crippen LogP contribution in [0.25, 0.3) is 10.1 Å². The minimum absolute atomic E-state index is 0.0260. The SMILES string of the molecule is O=C(c1cc2ccc(F)cc2s1)N(CCO)C1CC1. The number of fused-ring (bicyclic) bond motifs is 1. The van der Waals surface area contributed by atoms with Crippen LogP contribution >= 0.6 is 11.3 Å². The Balaban J connectivity index is 1.91. The minimum Gasteiger partial charge on any atom is -0.395 e. The van der Waals surface area contributed by atoms with Crippen LogP contribution < -0.4 is 0 Å². The second-order valence-corrected chi connectivity index (χ2v) is 5.83. The van der Waals surface area contributed by atoms with Gasteiger partial charge in [0.15, 0.2) is 0 Å². The summed E-state index contributed by atoms with van der Waals surface area (Å²) in [5.74, 6) is -0.346. The number of carbonyl (C=O) groups excluding carboxylic acids is 1. The molecule has 0 bridgehead atoms. The van der Waals surface area contributed by atoms with Gasteiger partial charge in [-0.15, -0.1) is 11.3 Å².